The van der Waals surface area contributed by atoms with E-state index < -0.39 is 10.1 Å². The summed E-state index contributed by atoms with van der Waals surface area (Å²) in [7, 11) is 0. The third kappa shape index (κ3) is 0.407. The van der Waals surface area contributed by atoms with Gasteiger partial charge in [-0.05, 0) is 19.3 Å². The maximum atomic E-state index is 6.13. The van der Waals surface area contributed by atoms with Crippen LogP contribution in [-0.4, -0.2) is 10.1 Å². The third-order valence-corrected chi connectivity index (χ3v) is 4.63. The Bertz CT molecular complexity index is 188. The number of hydrogen-bond donors (Lipinski definition) is 0. The normalized spacial score (nSPS) is 70.2. The minimum atomic E-state index is -0.447. The first-order chi connectivity index (χ1) is 4.67. The van der Waals surface area contributed by atoms with Crippen LogP contribution in [0.3, 0.4) is 0 Å². The quantitative estimate of drug-likeness (QED) is 0.410. The smallest absolute Gasteiger partial charge is 0.189 e. The highest BCUT2D eigenvalue weighted by atomic mass is 35.5. The van der Waals surface area contributed by atoms with E-state index in [0.717, 1.165) is 0 Å². The zero-order chi connectivity index (χ0) is 6.98. The Morgan fingerprint density at radius 1 is 1.10 bits per heavy atom. The molecular weight excluding hydrogens is 171 g/mol. The summed E-state index contributed by atoms with van der Waals surface area (Å²) in [5, 5.41) is -0.894. The van der Waals surface area contributed by atoms with E-state index in [-0.39, 0.29) is 0 Å². The molecule has 0 radical (unpaired) electrons. The van der Waals surface area contributed by atoms with Crippen molar-refractivity contribution in [2.24, 2.45) is 11.8 Å². The van der Waals surface area contributed by atoms with Crippen LogP contribution in [0.2, 0.25) is 0 Å². The van der Waals surface area contributed by atoms with Crippen LogP contribution in [-0.2, 0) is 4.74 Å². The highest BCUT2D eigenvalue weighted by Crippen LogP contribution is 2.75. The number of halogens is 2. The van der Waals surface area contributed by atoms with Crippen LogP contribution < -0.4 is 0 Å². The summed E-state index contributed by atoms with van der Waals surface area (Å²) < 4.78 is 5.35. The molecule has 0 spiro atoms. The predicted octanol–water partition coefficient (Wildman–Crippen LogP) is 2.32. The molecule has 0 N–H and O–H groups in total. The first kappa shape index (κ1) is 6.10. The Labute approximate surface area is 69.6 Å². The minimum absolute atomic E-state index is 0.447. The van der Waals surface area contributed by atoms with E-state index in [0.29, 0.717) is 11.8 Å². The Balaban J connectivity index is 2.08. The lowest BCUT2D eigenvalue weighted by Crippen LogP contribution is -2.22. The summed E-state index contributed by atoms with van der Waals surface area (Å²) >= 11 is 12.3. The van der Waals surface area contributed by atoms with Crippen molar-refractivity contribution < 1.29 is 4.74 Å². The maximum Gasteiger partial charge on any atom is 0.189 e. The summed E-state index contributed by atoms with van der Waals surface area (Å²) in [6, 6.07) is 0. The zero-order valence-electron chi connectivity index (χ0n) is 5.44. The fraction of sp³-hybridized carbons (Fsp3) is 1.00. The monoisotopic (exact) mass is 178 g/mol. The van der Waals surface area contributed by atoms with Gasteiger partial charge in [0.1, 0.15) is 0 Å². The van der Waals surface area contributed by atoms with Gasteiger partial charge in [0.15, 0.2) is 10.1 Å². The van der Waals surface area contributed by atoms with E-state index in [2.05, 4.69) is 0 Å². The Kier molecular flexibility index (Phi) is 0.835. The zero-order valence-corrected chi connectivity index (χ0v) is 6.95. The summed E-state index contributed by atoms with van der Waals surface area (Å²) in [6.45, 7) is 0. The molecule has 1 nitrogen and oxygen atoms in total. The van der Waals surface area contributed by atoms with Crippen molar-refractivity contribution >= 4 is 23.2 Å². The lowest BCUT2D eigenvalue weighted by atomic mass is 10.00. The Hall–Kier alpha value is 0.540. The first-order valence-electron chi connectivity index (χ1n) is 3.75. The summed E-state index contributed by atoms with van der Waals surface area (Å²) in [6.07, 6.45) is 3.61. The second-order valence-electron chi connectivity index (χ2n) is 3.60. The molecule has 2 aliphatic carbocycles. The van der Waals surface area contributed by atoms with Crippen molar-refractivity contribution in [2.75, 3.05) is 0 Å². The number of rotatable bonds is 0. The highest BCUT2D eigenvalue weighted by Gasteiger charge is 2.82. The number of epoxide rings is 1. The Morgan fingerprint density at radius 2 is 1.60 bits per heavy atom. The molecule has 0 aromatic rings. The van der Waals surface area contributed by atoms with Crippen molar-refractivity contribution in [3.05, 3.63) is 0 Å². The van der Waals surface area contributed by atoms with Crippen molar-refractivity contribution in [3.63, 3.8) is 0 Å². The summed E-state index contributed by atoms with van der Waals surface area (Å²) in [5.41, 5.74) is 0. The molecule has 3 rings (SSSR count). The SMILES string of the molecule is ClC12OC1(Cl)C1CCC2C1. The lowest BCUT2D eigenvalue weighted by Gasteiger charge is -2.13. The number of ether oxygens (including phenoxy) is 1. The molecule has 3 fully saturated rings. The standard InChI is InChI=1S/C7H8Cl2O/c8-6-4-1-2-5(3-4)7(6,9)10-6/h4-5H,1-3H2. The third-order valence-electron chi connectivity index (χ3n) is 3.20. The second kappa shape index (κ2) is 1.37. The van der Waals surface area contributed by atoms with Crippen LogP contribution >= 0.6 is 23.2 Å². The van der Waals surface area contributed by atoms with E-state index in [9.17, 15) is 0 Å². The molecule has 1 heterocycles. The van der Waals surface area contributed by atoms with Gasteiger partial charge in [0.05, 0.1) is 0 Å². The van der Waals surface area contributed by atoms with Gasteiger partial charge in [0.2, 0.25) is 0 Å². The van der Waals surface area contributed by atoms with Gasteiger partial charge >= 0.3 is 0 Å². The molecule has 2 saturated carbocycles. The van der Waals surface area contributed by atoms with Gasteiger partial charge in [-0.2, -0.15) is 0 Å². The van der Waals surface area contributed by atoms with E-state index in [4.69, 9.17) is 27.9 Å². The number of alkyl halides is 2. The molecule has 3 heteroatoms. The van der Waals surface area contributed by atoms with Crippen LogP contribution in [0.5, 0.6) is 0 Å². The average molecular weight is 179 g/mol. The average Bonchev–Trinajstić information content (AvgIpc) is 2.25. The number of fused-ring (bicyclic) bond motifs is 5. The first-order valence-corrected chi connectivity index (χ1v) is 4.50. The largest absolute Gasteiger partial charge is 0.329 e. The lowest BCUT2D eigenvalue weighted by molar-refractivity contribution is 0.231. The van der Waals surface area contributed by atoms with Gasteiger partial charge in [-0.15, -0.1) is 0 Å². The van der Waals surface area contributed by atoms with Crippen LogP contribution in [0, 0.1) is 11.8 Å². The molecule has 4 atom stereocenters. The van der Waals surface area contributed by atoms with E-state index >= 15 is 0 Å². The van der Waals surface area contributed by atoms with E-state index in [1.807, 2.05) is 0 Å². The van der Waals surface area contributed by atoms with Crippen molar-refractivity contribution in [1.82, 2.24) is 0 Å². The van der Waals surface area contributed by atoms with Crippen LogP contribution in [0.4, 0.5) is 0 Å². The molecule has 10 heavy (non-hydrogen) atoms. The predicted molar refractivity (Wildman–Crippen MR) is 39.1 cm³/mol. The topological polar surface area (TPSA) is 12.5 Å². The minimum Gasteiger partial charge on any atom is -0.329 e. The van der Waals surface area contributed by atoms with Gasteiger partial charge in [-0.1, -0.05) is 23.2 Å². The van der Waals surface area contributed by atoms with Crippen LogP contribution in [0.25, 0.3) is 0 Å². The molecule has 56 valence electrons. The molecule has 1 saturated heterocycles. The fourth-order valence-corrected chi connectivity index (χ4v) is 3.56. The number of hydrogen-bond acceptors (Lipinski definition) is 1. The van der Waals surface area contributed by atoms with E-state index in [1.54, 1.807) is 0 Å². The van der Waals surface area contributed by atoms with E-state index in [1.165, 1.54) is 19.3 Å². The summed E-state index contributed by atoms with van der Waals surface area (Å²) in [5.74, 6) is 1.08. The highest BCUT2D eigenvalue weighted by molar-refractivity contribution is 6.37. The van der Waals surface area contributed by atoms with Gasteiger partial charge in [-0.25, -0.2) is 0 Å². The molecule has 0 amide bonds. The summed E-state index contributed by atoms with van der Waals surface area (Å²) in [4.78, 5) is 0. The molecule has 4 unspecified atom stereocenters. The van der Waals surface area contributed by atoms with Crippen molar-refractivity contribution in [2.45, 2.75) is 29.4 Å². The van der Waals surface area contributed by atoms with Gasteiger partial charge < -0.3 is 4.74 Å². The van der Waals surface area contributed by atoms with Gasteiger partial charge in [0, 0.05) is 11.8 Å². The molecular formula is C7H8Cl2O. The van der Waals surface area contributed by atoms with Crippen molar-refractivity contribution in [1.29, 1.82) is 0 Å². The molecule has 0 aromatic carbocycles. The molecule has 0 aromatic heterocycles. The molecule has 3 aliphatic rings. The van der Waals surface area contributed by atoms with Crippen LogP contribution in [0.15, 0.2) is 0 Å². The maximum absolute atomic E-state index is 6.13. The molecule has 2 bridgehead atoms. The van der Waals surface area contributed by atoms with Gasteiger partial charge in [0.25, 0.3) is 0 Å². The van der Waals surface area contributed by atoms with Crippen molar-refractivity contribution in [3.8, 4) is 0 Å². The fourth-order valence-electron chi connectivity index (χ4n) is 2.57. The Morgan fingerprint density at radius 3 is 1.90 bits per heavy atom. The van der Waals surface area contributed by atoms with Crippen LogP contribution in [0.1, 0.15) is 19.3 Å². The second-order valence-corrected chi connectivity index (χ2v) is 4.72. The van der Waals surface area contributed by atoms with Gasteiger partial charge in [-0.3, -0.25) is 0 Å². The molecule has 1 aliphatic heterocycles.